The van der Waals surface area contributed by atoms with Crippen molar-refractivity contribution in [3.8, 4) is 0 Å². The van der Waals surface area contributed by atoms with E-state index in [0.717, 1.165) is 0 Å². The molecular weight excluding hydrogens is 220 g/mol. The van der Waals surface area contributed by atoms with Gasteiger partial charge in [-0.1, -0.05) is 20.8 Å². The minimum Gasteiger partial charge on any atom is -0.319 e. The van der Waals surface area contributed by atoms with E-state index in [4.69, 9.17) is 0 Å². The van der Waals surface area contributed by atoms with E-state index < -0.39 is 22.8 Å². The maximum atomic E-state index is 12.4. The molecule has 0 radical (unpaired) electrons. The monoisotopic (exact) mass is 240 g/mol. The van der Waals surface area contributed by atoms with Gasteiger partial charge >= 0.3 is 0 Å². The Balaban J connectivity index is 3.06. The number of nitrogens with one attached hydrogen (secondary N) is 1. The zero-order chi connectivity index (χ0) is 13.4. The van der Waals surface area contributed by atoms with Gasteiger partial charge in [0.15, 0.2) is 0 Å². The van der Waals surface area contributed by atoms with Gasteiger partial charge in [0.25, 0.3) is 5.91 Å². The Kier molecular flexibility index (Phi) is 3.32. The van der Waals surface area contributed by atoms with Crippen LogP contribution in [0.15, 0.2) is 0 Å². The third kappa shape index (κ3) is 2.33. The van der Waals surface area contributed by atoms with Crippen molar-refractivity contribution >= 4 is 17.7 Å². The van der Waals surface area contributed by atoms with Crippen molar-refractivity contribution < 1.29 is 14.4 Å². The zero-order valence-electron chi connectivity index (χ0n) is 11.1. The minimum atomic E-state index is -0.975. The lowest BCUT2D eigenvalue weighted by Crippen LogP contribution is -2.67. The van der Waals surface area contributed by atoms with Crippen molar-refractivity contribution in [2.24, 2.45) is 5.41 Å². The first-order valence-electron chi connectivity index (χ1n) is 5.79. The Morgan fingerprint density at radius 3 is 2.41 bits per heavy atom. The van der Waals surface area contributed by atoms with Gasteiger partial charge in [-0.2, -0.15) is 0 Å². The summed E-state index contributed by atoms with van der Waals surface area (Å²) in [5, 5.41) is 2.25. The van der Waals surface area contributed by atoms with Crippen LogP contribution < -0.4 is 5.32 Å². The summed E-state index contributed by atoms with van der Waals surface area (Å²) < 4.78 is 0. The summed E-state index contributed by atoms with van der Waals surface area (Å²) >= 11 is 0. The van der Waals surface area contributed by atoms with Crippen LogP contribution in [0, 0.1) is 5.41 Å². The van der Waals surface area contributed by atoms with Gasteiger partial charge in [0.2, 0.25) is 11.8 Å². The first-order chi connectivity index (χ1) is 7.63. The Morgan fingerprint density at radius 2 is 1.94 bits per heavy atom. The second-order valence-corrected chi connectivity index (χ2v) is 5.57. The molecule has 5 heteroatoms. The van der Waals surface area contributed by atoms with Crippen LogP contribution in [0.2, 0.25) is 0 Å². The molecule has 1 saturated heterocycles. The predicted molar refractivity (Wildman–Crippen MR) is 63.0 cm³/mol. The lowest BCUT2D eigenvalue weighted by atomic mass is 9.85. The molecule has 0 aliphatic carbocycles. The third-order valence-electron chi connectivity index (χ3n) is 3.49. The summed E-state index contributed by atoms with van der Waals surface area (Å²) in [5.41, 5.74) is -1.54. The molecule has 1 aliphatic rings. The van der Waals surface area contributed by atoms with E-state index in [1.54, 1.807) is 13.8 Å². The van der Waals surface area contributed by atoms with Gasteiger partial charge in [0, 0.05) is 5.41 Å². The van der Waals surface area contributed by atoms with Crippen LogP contribution in [0.25, 0.3) is 0 Å². The summed E-state index contributed by atoms with van der Waals surface area (Å²) in [7, 11) is 0. The van der Waals surface area contributed by atoms with Gasteiger partial charge in [0.1, 0.15) is 12.1 Å². The van der Waals surface area contributed by atoms with Crippen molar-refractivity contribution in [1.29, 1.82) is 0 Å². The highest BCUT2D eigenvalue weighted by Crippen LogP contribution is 2.28. The number of carbonyl (C=O) groups excluding carboxylic acids is 3. The van der Waals surface area contributed by atoms with E-state index in [1.807, 2.05) is 20.8 Å². The third-order valence-corrected chi connectivity index (χ3v) is 3.49. The lowest BCUT2D eigenvalue weighted by Gasteiger charge is -2.43. The molecule has 0 atom stereocenters. The summed E-state index contributed by atoms with van der Waals surface area (Å²) in [6.45, 7) is 8.80. The smallest absolute Gasteiger partial charge is 0.252 e. The Morgan fingerprint density at radius 1 is 1.41 bits per heavy atom. The highest BCUT2D eigenvalue weighted by molar-refractivity contribution is 6.06. The molecule has 0 bridgehead atoms. The van der Waals surface area contributed by atoms with Gasteiger partial charge in [-0.05, 0) is 20.3 Å². The Labute approximate surface area is 102 Å². The number of hydrogen-bond acceptors (Lipinski definition) is 3. The van der Waals surface area contributed by atoms with Gasteiger partial charge in [-0.3, -0.25) is 19.7 Å². The average Bonchev–Trinajstić information content (AvgIpc) is 2.22. The molecule has 0 spiro atoms. The van der Waals surface area contributed by atoms with E-state index in [9.17, 15) is 14.4 Å². The van der Waals surface area contributed by atoms with Crippen LogP contribution >= 0.6 is 0 Å². The minimum absolute atomic E-state index is 0.0546. The number of hydrogen-bond donors (Lipinski definition) is 1. The number of piperazine rings is 1. The average molecular weight is 240 g/mol. The molecule has 0 unspecified atom stereocenters. The van der Waals surface area contributed by atoms with Crippen LogP contribution in [0.3, 0.4) is 0 Å². The number of imide groups is 1. The van der Waals surface area contributed by atoms with Crippen molar-refractivity contribution in [1.82, 2.24) is 10.2 Å². The van der Waals surface area contributed by atoms with Gasteiger partial charge in [0.05, 0.1) is 0 Å². The number of amides is 3. The lowest BCUT2D eigenvalue weighted by molar-refractivity contribution is -0.160. The van der Waals surface area contributed by atoms with E-state index in [0.29, 0.717) is 6.42 Å². The second kappa shape index (κ2) is 4.13. The second-order valence-electron chi connectivity index (χ2n) is 5.57. The first kappa shape index (κ1) is 13.7. The van der Waals surface area contributed by atoms with E-state index in [2.05, 4.69) is 5.32 Å². The van der Waals surface area contributed by atoms with Crippen molar-refractivity contribution in [2.75, 3.05) is 6.54 Å². The van der Waals surface area contributed by atoms with Crippen LogP contribution in [-0.2, 0) is 14.4 Å². The van der Waals surface area contributed by atoms with E-state index in [-0.39, 0.29) is 12.5 Å². The Bertz CT molecular complexity index is 372. The fourth-order valence-electron chi connectivity index (χ4n) is 1.63. The zero-order valence-corrected chi connectivity index (χ0v) is 11.1. The molecule has 1 heterocycles. The molecule has 17 heavy (non-hydrogen) atoms. The molecule has 96 valence electrons. The van der Waals surface area contributed by atoms with Crippen molar-refractivity contribution in [3.63, 3.8) is 0 Å². The van der Waals surface area contributed by atoms with Crippen LogP contribution in [0.5, 0.6) is 0 Å². The van der Waals surface area contributed by atoms with Gasteiger partial charge < -0.3 is 4.90 Å². The molecule has 1 rings (SSSR count). The summed E-state index contributed by atoms with van der Waals surface area (Å²) in [5.74, 6) is -1.00. The van der Waals surface area contributed by atoms with E-state index in [1.165, 1.54) is 4.90 Å². The molecule has 1 aliphatic heterocycles. The fraction of sp³-hybridized carbons (Fsp3) is 0.750. The molecule has 0 aromatic rings. The standard InChI is InChI=1S/C12H20N2O3/c1-6-11(2,3)10(17)14-7-8(15)13-9(16)12(14,4)5/h6-7H2,1-5H3,(H,13,15,16). The molecular formula is C12H20N2O3. The number of rotatable bonds is 2. The van der Waals surface area contributed by atoms with E-state index >= 15 is 0 Å². The SMILES string of the molecule is CCC(C)(C)C(=O)N1CC(=O)NC(=O)C1(C)C. The quantitative estimate of drug-likeness (QED) is 0.722. The van der Waals surface area contributed by atoms with Crippen LogP contribution in [-0.4, -0.2) is 34.7 Å². The van der Waals surface area contributed by atoms with Crippen LogP contribution in [0.4, 0.5) is 0 Å². The van der Waals surface area contributed by atoms with Crippen molar-refractivity contribution in [2.45, 2.75) is 46.6 Å². The summed E-state index contributed by atoms with van der Waals surface area (Å²) in [6.07, 6.45) is 0.661. The van der Waals surface area contributed by atoms with Gasteiger partial charge in [-0.25, -0.2) is 0 Å². The molecule has 0 aromatic carbocycles. The molecule has 0 saturated carbocycles. The maximum absolute atomic E-state index is 12.4. The predicted octanol–water partition coefficient (Wildman–Crippen LogP) is 0.686. The molecule has 0 aromatic heterocycles. The molecule has 5 nitrogen and oxygen atoms in total. The normalized spacial score (nSPS) is 20.2. The maximum Gasteiger partial charge on any atom is 0.252 e. The summed E-state index contributed by atoms with van der Waals surface area (Å²) in [6, 6.07) is 0. The Hall–Kier alpha value is -1.39. The number of nitrogens with zero attached hydrogens (tertiary/aromatic N) is 1. The molecule has 3 amide bonds. The highest BCUT2D eigenvalue weighted by Gasteiger charge is 2.46. The first-order valence-corrected chi connectivity index (χ1v) is 5.79. The van der Waals surface area contributed by atoms with Crippen molar-refractivity contribution in [3.05, 3.63) is 0 Å². The number of carbonyl (C=O) groups is 3. The van der Waals surface area contributed by atoms with Crippen LogP contribution in [0.1, 0.15) is 41.0 Å². The molecule has 1 N–H and O–H groups in total. The van der Waals surface area contributed by atoms with Gasteiger partial charge in [-0.15, -0.1) is 0 Å². The topological polar surface area (TPSA) is 66.5 Å². The highest BCUT2D eigenvalue weighted by atomic mass is 16.2. The molecule has 1 fully saturated rings. The fourth-order valence-corrected chi connectivity index (χ4v) is 1.63. The largest absolute Gasteiger partial charge is 0.319 e. The summed E-state index contributed by atoms with van der Waals surface area (Å²) in [4.78, 5) is 36.8.